The number of ether oxygens (including phenoxy) is 1. The van der Waals surface area contributed by atoms with Crippen LogP contribution in [-0.4, -0.2) is 17.7 Å². The zero-order valence-electron chi connectivity index (χ0n) is 7.97. The highest BCUT2D eigenvalue weighted by molar-refractivity contribution is 9.11. The van der Waals surface area contributed by atoms with Crippen molar-refractivity contribution >= 4 is 53.8 Å². The molecule has 0 spiro atoms. The molecule has 0 fully saturated rings. The van der Waals surface area contributed by atoms with E-state index >= 15 is 0 Å². The van der Waals surface area contributed by atoms with Crippen LogP contribution in [0.25, 0.3) is 0 Å². The van der Waals surface area contributed by atoms with Gasteiger partial charge in [0.2, 0.25) is 0 Å². The first-order valence-corrected chi connectivity index (χ1v) is 6.48. The number of hydrogen-bond donors (Lipinski definition) is 1. The predicted molar refractivity (Wildman–Crippen MR) is 71.8 cm³/mol. The van der Waals surface area contributed by atoms with Gasteiger partial charge >= 0.3 is 5.97 Å². The van der Waals surface area contributed by atoms with Gasteiger partial charge < -0.3 is 9.84 Å². The maximum Gasteiger partial charge on any atom is 0.334 e. The molecular formula is C10H7Br3O3. The molecule has 3 nitrogen and oxygen atoms in total. The molecule has 6 heteroatoms. The van der Waals surface area contributed by atoms with Gasteiger partial charge in [-0.1, -0.05) is 22.5 Å². The summed E-state index contributed by atoms with van der Waals surface area (Å²) in [5.74, 6) is -0.519. The van der Waals surface area contributed by atoms with Crippen molar-refractivity contribution < 1.29 is 14.6 Å². The van der Waals surface area contributed by atoms with Gasteiger partial charge in [-0.05, 0) is 44.0 Å². The van der Waals surface area contributed by atoms with E-state index in [0.29, 0.717) is 5.75 Å². The Hall–Kier alpha value is -0.330. The van der Waals surface area contributed by atoms with E-state index < -0.39 is 5.97 Å². The van der Waals surface area contributed by atoms with Gasteiger partial charge in [0.1, 0.15) is 12.4 Å². The van der Waals surface area contributed by atoms with E-state index in [1.165, 1.54) is 0 Å². The van der Waals surface area contributed by atoms with Crippen LogP contribution >= 0.6 is 47.8 Å². The summed E-state index contributed by atoms with van der Waals surface area (Å²) < 4.78 is 7.69. The van der Waals surface area contributed by atoms with E-state index in [4.69, 9.17) is 9.84 Å². The summed E-state index contributed by atoms with van der Waals surface area (Å²) in [4.78, 5) is 10.5. The van der Waals surface area contributed by atoms with Crippen LogP contribution in [0.4, 0.5) is 0 Å². The summed E-state index contributed by atoms with van der Waals surface area (Å²) in [5, 5.41) is 8.63. The number of carboxylic acid groups (broad SMARTS) is 1. The van der Waals surface area contributed by atoms with Crippen LogP contribution in [0.15, 0.2) is 37.7 Å². The monoisotopic (exact) mass is 412 g/mol. The number of halogens is 3. The Morgan fingerprint density at radius 3 is 2.25 bits per heavy atom. The second-order valence-corrected chi connectivity index (χ2v) is 5.52. The highest BCUT2D eigenvalue weighted by Gasteiger charge is 2.10. The number of carboxylic acids is 1. The molecule has 1 aromatic rings. The van der Waals surface area contributed by atoms with Gasteiger partial charge in [0.15, 0.2) is 0 Å². The fourth-order valence-electron chi connectivity index (χ4n) is 0.888. The molecule has 0 saturated heterocycles. The second-order valence-electron chi connectivity index (χ2n) is 2.90. The van der Waals surface area contributed by atoms with E-state index in [1.54, 1.807) is 0 Å². The fraction of sp³-hybridized carbons (Fsp3) is 0.100. The molecule has 1 N–H and O–H groups in total. The Bertz CT molecular complexity index is 420. The molecule has 1 aromatic carbocycles. The number of benzene rings is 1. The van der Waals surface area contributed by atoms with Crippen LogP contribution in [0.1, 0.15) is 0 Å². The quantitative estimate of drug-likeness (QED) is 0.758. The van der Waals surface area contributed by atoms with E-state index in [9.17, 15) is 4.79 Å². The lowest BCUT2D eigenvalue weighted by Crippen LogP contribution is -2.09. The minimum Gasteiger partial charge on any atom is -0.486 e. The molecule has 0 bridgehead atoms. The van der Waals surface area contributed by atoms with Crippen molar-refractivity contribution in [3.8, 4) is 5.75 Å². The first-order valence-electron chi connectivity index (χ1n) is 4.10. The average molecular weight is 415 g/mol. The predicted octanol–water partition coefficient (Wildman–Crippen LogP) is 3.99. The molecule has 0 amide bonds. The Kier molecular flexibility index (Phi) is 5.01. The van der Waals surface area contributed by atoms with Gasteiger partial charge in [0.25, 0.3) is 0 Å². The molecule has 0 aromatic heterocycles. The highest BCUT2D eigenvalue weighted by Crippen LogP contribution is 2.36. The Morgan fingerprint density at radius 2 is 1.81 bits per heavy atom. The second kappa shape index (κ2) is 5.84. The van der Waals surface area contributed by atoms with E-state index in [1.807, 2.05) is 12.1 Å². The molecule has 0 saturated carbocycles. The average Bonchev–Trinajstić information content (AvgIpc) is 2.15. The van der Waals surface area contributed by atoms with Gasteiger partial charge in [-0.3, -0.25) is 0 Å². The largest absolute Gasteiger partial charge is 0.486 e. The standard InChI is InChI=1S/C10H7Br3O3/c1-5(10(14)15)4-16-9-7(12)2-6(11)3-8(9)13/h2-3H,1,4H2,(H,14,15). The summed E-state index contributed by atoms with van der Waals surface area (Å²) >= 11 is 9.97. The molecule has 16 heavy (non-hydrogen) atoms. The highest BCUT2D eigenvalue weighted by atomic mass is 79.9. The Balaban J connectivity index is 2.82. The van der Waals surface area contributed by atoms with Crippen molar-refractivity contribution in [2.75, 3.05) is 6.61 Å². The lowest BCUT2D eigenvalue weighted by Gasteiger charge is -2.10. The van der Waals surface area contributed by atoms with Crippen molar-refractivity contribution in [2.24, 2.45) is 0 Å². The summed E-state index contributed by atoms with van der Waals surface area (Å²) in [7, 11) is 0. The smallest absolute Gasteiger partial charge is 0.334 e. The number of carbonyl (C=O) groups is 1. The molecular weight excluding hydrogens is 408 g/mol. The summed E-state index contributed by atoms with van der Waals surface area (Å²) in [6.45, 7) is 3.32. The normalized spacial score (nSPS) is 9.94. The van der Waals surface area contributed by atoms with Crippen LogP contribution in [0.2, 0.25) is 0 Å². The summed E-state index contributed by atoms with van der Waals surface area (Å²) in [6, 6.07) is 3.62. The molecule has 0 aliphatic heterocycles. The molecule has 1 rings (SSSR count). The molecule has 0 unspecified atom stereocenters. The lowest BCUT2D eigenvalue weighted by molar-refractivity contribution is -0.133. The molecule has 0 atom stereocenters. The first-order chi connectivity index (χ1) is 7.41. The van der Waals surface area contributed by atoms with E-state index in [-0.39, 0.29) is 12.2 Å². The third-order valence-electron chi connectivity index (χ3n) is 1.66. The zero-order valence-corrected chi connectivity index (χ0v) is 12.7. The zero-order chi connectivity index (χ0) is 12.3. The van der Waals surface area contributed by atoms with Crippen molar-refractivity contribution in [2.45, 2.75) is 0 Å². The number of rotatable bonds is 4. The van der Waals surface area contributed by atoms with Crippen molar-refractivity contribution in [1.82, 2.24) is 0 Å². The van der Waals surface area contributed by atoms with Gasteiger partial charge in [-0.15, -0.1) is 0 Å². The third kappa shape index (κ3) is 3.61. The van der Waals surface area contributed by atoms with Crippen molar-refractivity contribution in [3.05, 3.63) is 37.7 Å². The third-order valence-corrected chi connectivity index (χ3v) is 3.29. The number of hydrogen-bond acceptors (Lipinski definition) is 2. The Morgan fingerprint density at radius 1 is 1.31 bits per heavy atom. The van der Waals surface area contributed by atoms with Crippen LogP contribution in [0.3, 0.4) is 0 Å². The summed E-state index contributed by atoms with van der Waals surface area (Å²) in [6.07, 6.45) is 0. The van der Waals surface area contributed by atoms with Crippen molar-refractivity contribution in [3.63, 3.8) is 0 Å². The maximum atomic E-state index is 10.5. The molecule has 0 aliphatic rings. The van der Waals surface area contributed by atoms with Crippen LogP contribution < -0.4 is 4.74 Å². The van der Waals surface area contributed by atoms with Gasteiger partial charge in [-0.2, -0.15) is 0 Å². The topological polar surface area (TPSA) is 46.5 Å². The van der Waals surface area contributed by atoms with Crippen LogP contribution in [0, 0.1) is 0 Å². The fourth-order valence-corrected chi connectivity index (χ4v) is 3.38. The first kappa shape index (κ1) is 13.7. The van der Waals surface area contributed by atoms with Crippen LogP contribution in [0.5, 0.6) is 5.75 Å². The molecule has 0 aliphatic carbocycles. The minimum absolute atomic E-state index is 0.00159. The van der Waals surface area contributed by atoms with E-state index in [2.05, 4.69) is 54.4 Å². The molecule has 0 radical (unpaired) electrons. The van der Waals surface area contributed by atoms with Gasteiger partial charge in [0.05, 0.1) is 14.5 Å². The Labute approximate surface area is 118 Å². The van der Waals surface area contributed by atoms with Crippen LogP contribution in [-0.2, 0) is 4.79 Å². The lowest BCUT2D eigenvalue weighted by atomic mass is 10.3. The summed E-state index contributed by atoms with van der Waals surface area (Å²) in [5.41, 5.74) is 0.00159. The van der Waals surface area contributed by atoms with Gasteiger partial charge in [0, 0.05) is 4.47 Å². The SMILES string of the molecule is C=C(COc1c(Br)cc(Br)cc1Br)C(=O)O. The minimum atomic E-state index is -1.07. The molecule has 86 valence electrons. The maximum absolute atomic E-state index is 10.5. The van der Waals surface area contributed by atoms with Gasteiger partial charge in [-0.25, -0.2) is 4.79 Å². The molecule has 0 heterocycles. The van der Waals surface area contributed by atoms with E-state index in [0.717, 1.165) is 13.4 Å². The number of aliphatic carboxylic acids is 1. The van der Waals surface area contributed by atoms with Crippen molar-refractivity contribution in [1.29, 1.82) is 0 Å².